The number of unbranched alkanes of at least 4 members (excludes halogenated alkanes) is 1. The van der Waals surface area contributed by atoms with Gasteiger partial charge in [-0.05, 0) is 43.2 Å². The smallest absolute Gasteiger partial charge is 0.313 e. The van der Waals surface area contributed by atoms with Crippen LogP contribution in [-0.4, -0.2) is 51.4 Å². The third-order valence-corrected chi connectivity index (χ3v) is 8.38. The molecule has 0 saturated carbocycles. The molecule has 2 N–H and O–H groups in total. The molecule has 0 aliphatic carbocycles. The van der Waals surface area contributed by atoms with E-state index in [0.717, 1.165) is 36.2 Å². The van der Waals surface area contributed by atoms with Gasteiger partial charge >= 0.3 is 5.97 Å². The fourth-order valence-corrected chi connectivity index (χ4v) is 6.58. The molecule has 0 saturated heterocycles. The van der Waals surface area contributed by atoms with Gasteiger partial charge in [0.05, 0.1) is 11.4 Å². The standard InChI is InChI=1S/C24H33N3O4S2/c1-5-6-12-24(2)17-27(19-10-8-7-9-11-19)21-14-20(26(3)4)18(15-32-16-23(28)29)13-22(21)33(30,31)25-24/h7-11,13-14,25H,5-6,12,15-17H2,1-4H3,(H,28,29). The molecule has 7 nitrogen and oxygen atoms in total. The van der Waals surface area contributed by atoms with Crippen LogP contribution in [0.3, 0.4) is 0 Å². The average Bonchev–Trinajstić information content (AvgIpc) is 2.84. The van der Waals surface area contributed by atoms with E-state index in [9.17, 15) is 13.2 Å². The Hall–Kier alpha value is -2.23. The van der Waals surface area contributed by atoms with Crippen molar-refractivity contribution >= 4 is 44.8 Å². The monoisotopic (exact) mass is 491 g/mol. The van der Waals surface area contributed by atoms with E-state index < -0.39 is 21.5 Å². The summed E-state index contributed by atoms with van der Waals surface area (Å²) in [5.74, 6) is -0.529. The lowest BCUT2D eigenvalue weighted by Crippen LogP contribution is -2.50. The van der Waals surface area contributed by atoms with E-state index in [1.807, 2.05) is 62.3 Å². The van der Waals surface area contributed by atoms with Crippen LogP contribution in [0.25, 0.3) is 0 Å². The molecule has 0 aromatic heterocycles. The molecule has 0 radical (unpaired) electrons. The summed E-state index contributed by atoms with van der Waals surface area (Å²) >= 11 is 1.26. The third kappa shape index (κ3) is 6.02. The lowest BCUT2D eigenvalue weighted by Gasteiger charge is -2.34. The number of para-hydroxylation sites is 1. The molecule has 2 aromatic carbocycles. The van der Waals surface area contributed by atoms with Crippen molar-refractivity contribution in [1.82, 2.24) is 4.72 Å². The maximum absolute atomic E-state index is 13.6. The largest absolute Gasteiger partial charge is 0.481 e. The number of hydrogen-bond donors (Lipinski definition) is 2. The van der Waals surface area contributed by atoms with Crippen molar-refractivity contribution in [2.24, 2.45) is 0 Å². The molecule has 9 heteroatoms. The van der Waals surface area contributed by atoms with Crippen molar-refractivity contribution in [2.75, 3.05) is 36.2 Å². The zero-order valence-corrected chi connectivity index (χ0v) is 21.3. The number of aliphatic carboxylic acids is 1. The second-order valence-electron chi connectivity index (χ2n) is 8.92. The summed E-state index contributed by atoms with van der Waals surface area (Å²) in [7, 11) is 0.0234. The summed E-state index contributed by atoms with van der Waals surface area (Å²) in [4.78, 5) is 15.3. The second kappa shape index (κ2) is 10.4. The van der Waals surface area contributed by atoms with Gasteiger partial charge in [0.2, 0.25) is 10.0 Å². The predicted molar refractivity (Wildman–Crippen MR) is 136 cm³/mol. The lowest BCUT2D eigenvalue weighted by atomic mass is 9.94. The first-order valence-electron chi connectivity index (χ1n) is 11.1. The number of carboxylic acid groups (broad SMARTS) is 1. The highest BCUT2D eigenvalue weighted by molar-refractivity contribution is 7.99. The number of nitrogens with zero attached hydrogens (tertiary/aromatic N) is 2. The van der Waals surface area contributed by atoms with Crippen LogP contribution in [0.4, 0.5) is 17.1 Å². The van der Waals surface area contributed by atoms with Crippen molar-refractivity contribution in [2.45, 2.75) is 49.3 Å². The number of carboxylic acids is 1. The summed E-state index contributed by atoms with van der Waals surface area (Å²) in [5.41, 5.74) is 2.59. The number of carbonyl (C=O) groups is 1. The van der Waals surface area contributed by atoms with Crippen LogP contribution < -0.4 is 14.5 Å². The lowest BCUT2D eigenvalue weighted by molar-refractivity contribution is -0.133. The molecule has 1 atom stereocenters. The number of fused-ring (bicyclic) bond motifs is 1. The molecule has 2 aromatic rings. The van der Waals surface area contributed by atoms with E-state index in [4.69, 9.17) is 5.11 Å². The van der Waals surface area contributed by atoms with Gasteiger partial charge in [-0.2, -0.15) is 0 Å². The Kier molecular flexibility index (Phi) is 7.97. The van der Waals surface area contributed by atoms with Gasteiger partial charge in [-0.3, -0.25) is 4.79 Å². The minimum absolute atomic E-state index is 0.0415. The van der Waals surface area contributed by atoms with Crippen molar-refractivity contribution in [3.05, 3.63) is 48.0 Å². The van der Waals surface area contributed by atoms with Gasteiger partial charge in [0.15, 0.2) is 0 Å². The molecule has 0 bridgehead atoms. The molecule has 1 aliphatic rings. The first-order valence-corrected chi connectivity index (χ1v) is 13.7. The van der Waals surface area contributed by atoms with E-state index >= 15 is 0 Å². The Morgan fingerprint density at radius 3 is 2.55 bits per heavy atom. The van der Waals surface area contributed by atoms with Gasteiger partial charge in [-0.25, -0.2) is 13.1 Å². The fraction of sp³-hybridized carbons (Fsp3) is 0.458. The molecule has 1 heterocycles. The highest BCUT2D eigenvalue weighted by Crippen LogP contribution is 2.41. The molecule has 0 fully saturated rings. The summed E-state index contributed by atoms with van der Waals surface area (Å²) in [5, 5.41) is 9.03. The van der Waals surface area contributed by atoms with Gasteiger partial charge in [-0.15, -0.1) is 11.8 Å². The molecule has 3 rings (SSSR count). The molecule has 1 unspecified atom stereocenters. The topological polar surface area (TPSA) is 90.0 Å². The van der Waals surface area contributed by atoms with Gasteiger partial charge in [0.1, 0.15) is 4.90 Å². The zero-order chi connectivity index (χ0) is 24.2. The molecule has 180 valence electrons. The SMILES string of the molecule is CCCCC1(C)CN(c2ccccc2)c2cc(N(C)C)c(CSCC(=O)O)cc2S(=O)(=O)N1. The van der Waals surface area contributed by atoms with Gasteiger partial charge < -0.3 is 14.9 Å². The summed E-state index contributed by atoms with van der Waals surface area (Å²) in [6.07, 6.45) is 2.62. The first kappa shape index (κ1) is 25.4. The average molecular weight is 492 g/mol. The van der Waals surface area contributed by atoms with Crippen LogP contribution in [0, 0.1) is 0 Å². The Morgan fingerprint density at radius 2 is 1.94 bits per heavy atom. The van der Waals surface area contributed by atoms with Crippen molar-refractivity contribution < 1.29 is 18.3 Å². The molecular formula is C24H33N3O4S2. The normalized spacial score (nSPS) is 19.6. The van der Waals surface area contributed by atoms with Crippen LogP contribution in [0.5, 0.6) is 0 Å². The van der Waals surface area contributed by atoms with E-state index in [1.54, 1.807) is 6.07 Å². The van der Waals surface area contributed by atoms with Crippen LogP contribution in [0.2, 0.25) is 0 Å². The number of thioether (sulfide) groups is 1. The Labute approximate surface area is 201 Å². The van der Waals surface area contributed by atoms with Crippen LogP contribution in [0.1, 0.15) is 38.7 Å². The van der Waals surface area contributed by atoms with Crippen LogP contribution in [-0.2, 0) is 20.6 Å². The summed E-state index contributed by atoms with van der Waals surface area (Å²) in [6, 6.07) is 13.5. The zero-order valence-electron chi connectivity index (χ0n) is 19.7. The summed E-state index contributed by atoms with van der Waals surface area (Å²) in [6.45, 7) is 4.57. The predicted octanol–water partition coefficient (Wildman–Crippen LogP) is 4.45. The summed E-state index contributed by atoms with van der Waals surface area (Å²) < 4.78 is 30.2. The maximum Gasteiger partial charge on any atom is 0.313 e. The van der Waals surface area contributed by atoms with Crippen molar-refractivity contribution in [1.29, 1.82) is 0 Å². The third-order valence-electron chi connectivity index (χ3n) is 5.74. The van der Waals surface area contributed by atoms with E-state index in [-0.39, 0.29) is 10.6 Å². The Bertz CT molecular complexity index is 1090. The van der Waals surface area contributed by atoms with Gasteiger partial charge in [-0.1, -0.05) is 38.0 Å². The van der Waals surface area contributed by atoms with Crippen LogP contribution >= 0.6 is 11.8 Å². The highest BCUT2D eigenvalue weighted by atomic mass is 32.2. The van der Waals surface area contributed by atoms with Crippen molar-refractivity contribution in [3.63, 3.8) is 0 Å². The number of sulfonamides is 1. The molecule has 33 heavy (non-hydrogen) atoms. The van der Waals surface area contributed by atoms with Gasteiger partial charge in [0, 0.05) is 43.3 Å². The van der Waals surface area contributed by atoms with Crippen molar-refractivity contribution in [3.8, 4) is 0 Å². The number of rotatable bonds is 9. The fourth-order valence-electron chi connectivity index (χ4n) is 4.19. The van der Waals surface area contributed by atoms with Gasteiger partial charge in [0.25, 0.3) is 0 Å². The second-order valence-corrected chi connectivity index (χ2v) is 11.6. The molecule has 1 aliphatic heterocycles. The molecule has 0 amide bonds. The van der Waals surface area contributed by atoms with E-state index in [2.05, 4.69) is 16.5 Å². The number of hydrogen-bond acceptors (Lipinski definition) is 6. The van der Waals surface area contributed by atoms with E-state index in [1.165, 1.54) is 11.8 Å². The molecular weight excluding hydrogens is 458 g/mol. The number of benzene rings is 2. The Balaban J connectivity index is 2.19. The number of nitrogens with one attached hydrogen (secondary N) is 1. The van der Waals surface area contributed by atoms with Crippen LogP contribution in [0.15, 0.2) is 47.4 Å². The number of anilines is 3. The first-order chi connectivity index (χ1) is 15.6. The highest BCUT2D eigenvalue weighted by Gasteiger charge is 2.39. The minimum Gasteiger partial charge on any atom is -0.481 e. The minimum atomic E-state index is -3.80. The molecule has 0 spiro atoms. The Morgan fingerprint density at radius 1 is 1.24 bits per heavy atom. The quantitative estimate of drug-likeness (QED) is 0.536. The maximum atomic E-state index is 13.6. The van der Waals surface area contributed by atoms with E-state index in [0.29, 0.717) is 18.0 Å².